The minimum absolute atomic E-state index is 0.102. The minimum Gasteiger partial charge on any atom is -0.493 e. The molecule has 0 spiro atoms. The first-order chi connectivity index (χ1) is 15.9. The van der Waals surface area contributed by atoms with Crippen molar-refractivity contribution in [1.29, 1.82) is 0 Å². The van der Waals surface area contributed by atoms with E-state index in [1.165, 1.54) is 0 Å². The molecule has 2 aliphatic heterocycles. The largest absolute Gasteiger partial charge is 0.493 e. The van der Waals surface area contributed by atoms with Crippen LogP contribution >= 0.6 is 0 Å². The van der Waals surface area contributed by atoms with E-state index < -0.39 is 18.2 Å². The molecule has 0 aliphatic carbocycles. The van der Waals surface area contributed by atoms with Gasteiger partial charge in [0.1, 0.15) is 12.4 Å². The number of carbonyl (C=O) groups excluding carboxylic acids is 1. The summed E-state index contributed by atoms with van der Waals surface area (Å²) in [6, 6.07) is 7.30. The zero-order chi connectivity index (χ0) is 23.3. The molecule has 1 atom stereocenters. The Morgan fingerprint density at radius 2 is 2.06 bits per heavy atom. The van der Waals surface area contributed by atoms with E-state index in [2.05, 4.69) is 0 Å². The number of aliphatic hydroxyl groups is 1. The van der Waals surface area contributed by atoms with Gasteiger partial charge >= 0.3 is 5.97 Å². The van der Waals surface area contributed by atoms with E-state index in [1.807, 2.05) is 19.1 Å². The van der Waals surface area contributed by atoms with Crippen LogP contribution in [0.5, 0.6) is 5.75 Å². The molecule has 2 aliphatic rings. The van der Waals surface area contributed by atoms with Gasteiger partial charge in [0.05, 0.1) is 42.3 Å². The fraction of sp³-hybridized carbons (Fsp3) is 0.400. The average Bonchev–Trinajstić information content (AvgIpc) is 3.19. The molecule has 0 saturated carbocycles. The Hall–Kier alpha value is -3.26. The third-order valence-electron chi connectivity index (χ3n) is 6.68. The first kappa shape index (κ1) is 21.6. The molecule has 1 N–H and O–H groups in total. The molecule has 0 saturated heterocycles. The second-order valence-electron chi connectivity index (χ2n) is 8.44. The maximum atomic E-state index is 13.4. The molecule has 8 heteroatoms. The fourth-order valence-corrected chi connectivity index (χ4v) is 4.88. The molecule has 3 aromatic rings. The highest BCUT2D eigenvalue weighted by Crippen LogP contribution is 2.40. The van der Waals surface area contributed by atoms with Gasteiger partial charge in [0, 0.05) is 22.9 Å². The van der Waals surface area contributed by atoms with E-state index in [9.17, 15) is 19.1 Å². The zero-order valence-electron chi connectivity index (χ0n) is 18.6. The third-order valence-corrected chi connectivity index (χ3v) is 6.68. The highest BCUT2D eigenvalue weighted by molar-refractivity contribution is 5.90. The second kappa shape index (κ2) is 7.95. The summed E-state index contributed by atoms with van der Waals surface area (Å²) in [5.41, 5.74) is 2.53. The lowest BCUT2D eigenvalue weighted by atomic mass is 9.86. The molecule has 7 nitrogen and oxygen atoms in total. The van der Waals surface area contributed by atoms with Crippen LogP contribution in [0.2, 0.25) is 0 Å². The number of cyclic esters (lactones) is 1. The van der Waals surface area contributed by atoms with E-state index >= 15 is 0 Å². The molecule has 2 aromatic heterocycles. The first-order valence-corrected chi connectivity index (χ1v) is 11.2. The Morgan fingerprint density at radius 1 is 1.24 bits per heavy atom. The van der Waals surface area contributed by atoms with Crippen LogP contribution in [0.4, 0.5) is 4.39 Å². The van der Waals surface area contributed by atoms with E-state index in [-0.39, 0.29) is 18.6 Å². The number of alkyl halides is 1. The van der Waals surface area contributed by atoms with Crippen LogP contribution in [0, 0.1) is 0 Å². The molecule has 0 radical (unpaired) electrons. The van der Waals surface area contributed by atoms with E-state index in [4.69, 9.17) is 14.5 Å². The number of halogens is 1. The average molecular weight is 452 g/mol. The SMILES string of the molecule is CCc1c2c(nc3ccc(OCCCF)cc13)-c1cc3c(c(=O)n1C2)COC(=O)[C@]3(O)CC. The molecule has 0 unspecified atom stereocenters. The number of pyridine rings is 2. The number of nitrogens with zero attached hydrogens (tertiary/aromatic N) is 2. The second-order valence-corrected chi connectivity index (χ2v) is 8.44. The normalized spacial score (nSPS) is 18.6. The molecule has 5 rings (SSSR count). The Labute approximate surface area is 189 Å². The number of hydrogen-bond donors (Lipinski definition) is 1. The van der Waals surface area contributed by atoms with Gasteiger partial charge in [-0.15, -0.1) is 0 Å². The number of rotatable bonds is 6. The van der Waals surface area contributed by atoms with Crippen molar-refractivity contribution in [2.24, 2.45) is 0 Å². The van der Waals surface area contributed by atoms with Crippen molar-refractivity contribution in [2.75, 3.05) is 13.3 Å². The highest BCUT2D eigenvalue weighted by Gasteiger charge is 2.45. The van der Waals surface area contributed by atoms with Crippen LogP contribution in [0.25, 0.3) is 22.3 Å². The van der Waals surface area contributed by atoms with Crippen LogP contribution in [0.3, 0.4) is 0 Å². The van der Waals surface area contributed by atoms with Crippen molar-refractivity contribution in [3.63, 3.8) is 0 Å². The topological polar surface area (TPSA) is 90.6 Å². The van der Waals surface area contributed by atoms with Gasteiger partial charge in [-0.1, -0.05) is 13.8 Å². The van der Waals surface area contributed by atoms with Crippen molar-refractivity contribution < 1.29 is 23.8 Å². The van der Waals surface area contributed by atoms with Crippen LogP contribution in [0.15, 0.2) is 29.1 Å². The van der Waals surface area contributed by atoms with Gasteiger partial charge in [-0.2, -0.15) is 0 Å². The summed E-state index contributed by atoms with van der Waals surface area (Å²) in [7, 11) is 0. The molecule has 0 amide bonds. The Bertz CT molecular complexity index is 1350. The number of ether oxygens (including phenoxy) is 2. The molecule has 172 valence electrons. The summed E-state index contributed by atoms with van der Waals surface area (Å²) < 4.78 is 24.9. The van der Waals surface area contributed by atoms with Crippen molar-refractivity contribution in [3.8, 4) is 17.1 Å². The number of hydrogen-bond acceptors (Lipinski definition) is 6. The predicted molar refractivity (Wildman–Crippen MR) is 120 cm³/mol. The van der Waals surface area contributed by atoms with Crippen LogP contribution < -0.4 is 10.3 Å². The van der Waals surface area contributed by atoms with Crippen molar-refractivity contribution in [1.82, 2.24) is 9.55 Å². The monoisotopic (exact) mass is 452 g/mol. The van der Waals surface area contributed by atoms with Crippen molar-refractivity contribution in [3.05, 3.63) is 56.9 Å². The number of fused-ring (bicyclic) bond motifs is 5. The molecule has 0 fully saturated rings. The first-order valence-electron chi connectivity index (χ1n) is 11.2. The summed E-state index contributed by atoms with van der Waals surface area (Å²) in [6.07, 6.45) is 1.16. The van der Waals surface area contributed by atoms with Gasteiger partial charge in [0.2, 0.25) is 0 Å². The molecule has 1 aromatic carbocycles. The lowest BCUT2D eigenvalue weighted by Crippen LogP contribution is -2.44. The summed E-state index contributed by atoms with van der Waals surface area (Å²) in [4.78, 5) is 30.6. The number of aromatic nitrogens is 2. The van der Waals surface area contributed by atoms with Crippen LogP contribution in [-0.4, -0.2) is 33.9 Å². The Morgan fingerprint density at radius 3 is 2.79 bits per heavy atom. The summed E-state index contributed by atoms with van der Waals surface area (Å²) in [5, 5.41) is 11.9. The standard InChI is InChI=1S/C25H25FN2O5/c1-3-15-16-10-14(32-9-5-8-26)6-7-20(16)27-22-17(15)12-28-21(22)11-19-18(23(28)29)13-33-24(30)25(19,31)4-2/h6-7,10-11,31H,3-5,8-9,12-13H2,1-2H3/t25-/m0/s1. The maximum Gasteiger partial charge on any atom is 0.343 e. The lowest BCUT2D eigenvalue weighted by Gasteiger charge is -2.31. The summed E-state index contributed by atoms with van der Waals surface area (Å²) >= 11 is 0. The number of esters is 1. The van der Waals surface area contributed by atoms with E-state index in [0.717, 1.165) is 28.5 Å². The molecule has 0 bridgehead atoms. The van der Waals surface area contributed by atoms with Crippen LogP contribution in [-0.2, 0) is 34.7 Å². The molecular formula is C25H25FN2O5. The number of benzene rings is 1. The fourth-order valence-electron chi connectivity index (χ4n) is 4.88. The third kappa shape index (κ3) is 3.15. The zero-order valence-corrected chi connectivity index (χ0v) is 18.6. The van der Waals surface area contributed by atoms with Gasteiger partial charge in [-0.3, -0.25) is 9.18 Å². The molecule has 4 heterocycles. The summed E-state index contributed by atoms with van der Waals surface area (Å²) in [5.74, 6) is -0.0831. The predicted octanol–water partition coefficient (Wildman–Crippen LogP) is 3.38. The maximum absolute atomic E-state index is 13.4. The van der Waals surface area contributed by atoms with Gasteiger partial charge in [-0.25, -0.2) is 9.78 Å². The summed E-state index contributed by atoms with van der Waals surface area (Å²) in [6.45, 7) is 3.81. The van der Waals surface area contributed by atoms with Crippen molar-refractivity contribution in [2.45, 2.75) is 51.9 Å². The minimum atomic E-state index is -1.85. The highest BCUT2D eigenvalue weighted by atomic mass is 19.1. The van der Waals surface area contributed by atoms with E-state index in [0.29, 0.717) is 47.8 Å². The lowest BCUT2D eigenvalue weighted by molar-refractivity contribution is -0.172. The molecule has 33 heavy (non-hydrogen) atoms. The Balaban J connectivity index is 1.69. The van der Waals surface area contributed by atoms with E-state index in [1.54, 1.807) is 23.6 Å². The Kier molecular flexibility index (Phi) is 5.20. The molecular weight excluding hydrogens is 427 g/mol. The van der Waals surface area contributed by atoms with Crippen molar-refractivity contribution >= 4 is 16.9 Å². The van der Waals surface area contributed by atoms with Gasteiger partial charge < -0.3 is 19.1 Å². The number of carbonyl (C=O) groups is 1. The van der Waals surface area contributed by atoms with Gasteiger partial charge in [-0.05, 0) is 42.7 Å². The number of aryl methyl sites for hydroxylation is 1. The quantitative estimate of drug-likeness (QED) is 0.356. The smallest absolute Gasteiger partial charge is 0.343 e. The van der Waals surface area contributed by atoms with Crippen LogP contribution in [0.1, 0.15) is 48.9 Å². The van der Waals surface area contributed by atoms with Gasteiger partial charge in [0.25, 0.3) is 5.56 Å². The van der Waals surface area contributed by atoms with Gasteiger partial charge in [0.15, 0.2) is 5.60 Å².